The van der Waals surface area contributed by atoms with E-state index in [0.29, 0.717) is 0 Å². The van der Waals surface area contributed by atoms with Gasteiger partial charge in [-0.3, -0.25) is 0 Å². The van der Waals surface area contributed by atoms with Crippen molar-refractivity contribution in [3.63, 3.8) is 0 Å². The maximum absolute atomic E-state index is 12.9. The van der Waals surface area contributed by atoms with E-state index in [9.17, 15) is 14.0 Å². The van der Waals surface area contributed by atoms with Gasteiger partial charge in [0.25, 0.3) is 0 Å². The van der Waals surface area contributed by atoms with Crippen LogP contribution in [0.2, 0.25) is 0 Å². The van der Waals surface area contributed by atoms with E-state index >= 15 is 0 Å². The third kappa shape index (κ3) is 4.53. The van der Waals surface area contributed by atoms with E-state index in [1.165, 1.54) is 12.1 Å². The van der Waals surface area contributed by atoms with Crippen LogP contribution in [0.3, 0.4) is 0 Å². The van der Waals surface area contributed by atoms with Crippen molar-refractivity contribution in [3.8, 4) is 0 Å². The molecule has 1 aromatic rings. The second-order valence-electron chi connectivity index (χ2n) is 4.96. The van der Waals surface area contributed by atoms with Gasteiger partial charge in [-0.1, -0.05) is 19.9 Å². The van der Waals surface area contributed by atoms with Crippen molar-refractivity contribution >= 4 is 12.0 Å². The number of carbonyl (C=O) groups excluding carboxylic acids is 1. The summed E-state index contributed by atoms with van der Waals surface area (Å²) in [6.07, 6.45) is 0. The summed E-state index contributed by atoms with van der Waals surface area (Å²) in [5.74, 6) is -1.62. The third-order valence-corrected chi connectivity index (χ3v) is 2.96. The molecular weight excluding hydrogens is 263 g/mol. The number of rotatable bonds is 5. The zero-order chi connectivity index (χ0) is 15.3. The molecule has 0 aliphatic carbocycles. The molecule has 6 heteroatoms. The summed E-state index contributed by atoms with van der Waals surface area (Å²) in [4.78, 5) is 22.6. The molecule has 0 saturated heterocycles. The van der Waals surface area contributed by atoms with Gasteiger partial charge in [-0.05, 0) is 36.1 Å². The van der Waals surface area contributed by atoms with Gasteiger partial charge in [0.15, 0.2) is 0 Å². The number of amides is 2. The maximum Gasteiger partial charge on any atom is 0.326 e. The van der Waals surface area contributed by atoms with Crippen molar-refractivity contribution in [2.45, 2.75) is 33.4 Å². The molecule has 0 spiro atoms. The van der Waals surface area contributed by atoms with Gasteiger partial charge in [0, 0.05) is 6.54 Å². The summed E-state index contributed by atoms with van der Waals surface area (Å²) in [6.45, 7) is 5.38. The molecule has 110 valence electrons. The Morgan fingerprint density at radius 2 is 2.00 bits per heavy atom. The fourth-order valence-electron chi connectivity index (χ4n) is 1.74. The molecule has 5 nitrogen and oxygen atoms in total. The van der Waals surface area contributed by atoms with Crippen molar-refractivity contribution in [1.29, 1.82) is 0 Å². The standard InChI is InChI=1S/C14H19FN2O3/c1-8(2)12(13(18)19)17-14(20)16-7-10-4-5-11(15)6-9(10)3/h4-6,8,12H,7H2,1-3H3,(H,18,19)(H2,16,17,20). The van der Waals surface area contributed by atoms with E-state index in [0.717, 1.165) is 11.1 Å². The quantitative estimate of drug-likeness (QED) is 0.773. The Bertz CT molecular complexity index is 503. The SMILES string of the molecule is Cc1cc(F)ccc1CNC(=O)NC(C(=O)O)C(C)C. The molecule has 3 N–H and O–H groups in total. The predicted molar refractivity (Wildman–Crippen MR) is 72.8 cm³/mol. The number of nitrogens with one attached hydrogen (secondary N) is 2. The molecule has 1 aromatic carbocycles. The Kier molecular flexibility index (Phi) is 5.49. The van der Waals surface area contributed by atoms with Crippen LogP contribution in [0, 0.1) is 18.7 Å². The van der Waals surface area contributed by atoms with E-state index in [-0.39, 0.29) is 18.3 Å². The van der Waals surface area contributed by atoms with E-state index < -0.39 is 18.0 Å². The smallest absolute Gasteiger partial charge is 0.326 e. The molecule has 0 aromatic heterocycles. The molecule has 1 atom stereocenters. The van der Waals surface area contributed by atoms with Crippen LogP contribution in [-0.2, 0) is 11.3 Å². The second kappa shape index (κ2) is 6.88. The number of halogens is 1. The second-order valence-corrected chi connectivity index (χ2v) is 4.96. The predicted octanol–water partition coefficient (Wildman–Crippen LogP) is 2.04. The number of aryl methyl sites for hydroxylation is 1. The number of hydrogen-bond donors (Lipinski definition) is 3. The van der Waals surface area contributed by atoms with Gasteiger partial charge in [0.05, 0.1) is 0 Å². The summed E-state index contributed by atoms with van der Waals surface area (Å²) in [5.41, 5.74) is 1.50. The van der Waals surface area contributed by atoms with Crippen molar-refractivity contribution < 1.29 is 19.1 Å². The van der Waals surface area contributed by atoms with Gasteiger partial charge < -0.3 is 15.7 Å². The Morgan fingerprint density at radius 3 is 2.50 bits per heavy atom. The molecule has 0 heterocycles. The van der Waals surface area contributed by atoms with Gasteiger partial charge in [-0.2, -0.15) is 0 Å². The molecule has 1 rings (SSSR count). The Morgan fingerprint density at radius 1 is 1.35 bits per heavy atom. The van der Waals surface area contributed by atoms with E-state index in [4.69, 9.17) is 5.11 Å². The number of carbonyl (C=O) groups is 2. The van der Waals surface area contributed by atoms with Gasteiger partial charge in [-0.15, -0.1) is 0 Å². The van der Waals surface area contributed by atoms with E-state index in [1.807, 2.05) is 0 Å². The number of carboxylic acids is 1. The molecular formula is C14H19FN2O3. The summed E-state index contributed by atoms with van der Waals surface area (Å²) < 4.78 is 12.9. The first-order chi connectivity index (χ1) is 9.31. The Balaban J connectivity index is 2.57. The lowest BCUT2D eigenvalue weighted by atomic mass is 10.1. The minimum atomic E-state index is -1.08. The highest BCUT2D eigenvalue weighted by atomic mass is 19.1. The van der Waals surface area contributed by atoms with Crippen molar-refractivity contribution in [2.24, 2.45) is 5.92 Å². The molecule has 2 amide bonds. The van der Waals surface area contributed by atoms with E-state index in [1.54, 1.807) is 26.8 Å². The van der Waals surface area contributed by atoms with Crippen LogP contribution in [0.15, 0.2) is 18.2 Å². The largest absolute Gasteiger partial charge is 0.480 e. The Hall–Kier alpha value is -2.11. The third-order valence-electron chi connectivity index (χ3n) is 2.96. The van der Waals surface area contributed by atoms with Crippen LogP contribution in [0.5, 0.6) is 0 Å². The topological polar surface area (TPSA) is 78.4 Å². The first-order valence-corrected chi connectivity index (χ1v) is 6.33. The van der Waals surface area contributed by atoms with E-state index in [2.05, 4.69) is 10.6 Å². The van der Waals surface area contributed by atoms with Crippen LogP contribution >= 0.6 is 0 Å². The minimum Gasteiger partial charge on any atom is -0.480 e. The molecule has 0 aliphatic heterocycles. The zero-order valence-corrected chi connectivity index (χ0v) is 11.7. The lowest BCUT2D eigenvalue weighted by molar-refractivity contribution is -0.140. The highest BCUT2D eigenvalue weighted by Crippen LogP contribution is 2.09. The number of aliphatic carboxylic acids is 1. The zero-order valence-electron chi connectivity index (χ0n) is 11.7. The van der Waals surface area contributed by atoms with Crippen LogP contribution in [0.25, 0.3) is 0 Å². The maximum atomic E-state index is 12.9. The lowest BCUT2D eigenvalue weighted by Gasteiger charge is -2.18. The Labute approximate surface area is 117 Å². The van der Waals surface area contributed by atoms with Crippen molar-refractivity contribution in [3.05, 3.63) is 35.1 Å². The highest BCUT2D eigenvalue weighted by Gasteiger charge is 2.23. The molecule has 0 bridgehead atoms. The van der Waals surface area contributed by atoms with Crippen molar-refractivity contribution in [2.75, 3.05) is 0 Å². The number of benzene rings is 1. The van der Waals surface area contributed by atoms with Crippen LogP contribution in [0.1, 0.15) is 25.0 Å². The van der Waals surface area contributed by atoms with Crippen LogP contribution in [0.4, 0.5) is 9.18 Å². The minimum absolute atomic E-state index is 0.211. The fraction of sp³-hybridized carbons (Fsp3) is 0.429. The monoisotopic (exact) mass is 282 g/mol. The van der Waals surface area contributed by atoms with Gasteiger partial charge >= 0.3 is 12.0 Å². The first kappa shape index (κ1) is 15.9. The number of carboxylic acid groups (broad SMARTS) is 1. The van der Waals surface area contributed by atoms with Crippen LogP contribution in [-0.4, -0.2) is 23.1 Å². The summed E-state index contributed by atoms with van der Waals surface area (Å²) >= 11 is 0. The summed E-state index contributed by atoms with van der Waals surface area (Å²) in [6, 6.07) is 2.78. The summed E-state index contributed by atoms with van der Waals surface area (Å²) in [5, 5.41) is 13.9. The molecule has 0 fully saturated rings. The normalized spacial score (nSPS) is 12.1. The molecule has 0 aliphatic rings. The molecule has 0 radical (unpaired) electrons. The average molecular weight is 282 g/mol. The number of hydrogen-bond acceptors (Lipinski definition) is 2. The van der Waals surface area contributed by atoms with Gasteiger partial charge in [0.2, 0.25) is 0 Å². The van der Waals surface area contributed by atoms with Gasteiger partial charge in [-0.25, -0.2) is 14.0 Å². The number of urea groups is 1. The first-order valence-electron chi connectivity index (χ1n) is 6.33. The molecule has 20 heavy (non-hydrogen) atoms. The van der Waals surface area contributed by atoms with Gasteiger partial charge in [0.1, 0.15) is 11.9 Å². The molecule has 1 unspecified atom stereocenters. The fourth-order valence-corrected chi connectivity index (χ4v) is 1.74. The summed E-state index contributed by atoms with van der Waals surface area (Å²) in [7, 11) is 0. The van der Waals surface area contributed by atoms with Crippen LogP contribution < -0.4 is 10.6 Å². The van der Waals surface area contributed by atoms with Crippen molar-refractivity contribution in [1.82, 2.24) is 10.6 Å². The molecule has 0 saturated carbocycles. The average Bonchev–Trinajstić information content (AvgIpc) is 2.34. The highest BCUT2D eigenvalue weighted by molar-refractivity contribution is 5.82. The lowest BCUT2D eigenvalue weighted by Crippen LogP contribution is -2.48.